The second kappa shape index (κ2) is 8.58. The fourth-order valence-corrected chi connectivity index (χ4v) is 3.23. The SMILES string of the molecule is CCC/C(=C\c1cc(I)c(O)c(OC)c1)CC[C@@H]1C=CCO1. The first-order valence-corrected chi connectivity index (χ1v) is 8.76. The van der Waals surface area contributed by atoms with Gasteiger partial charge in [-0.2, -0.15) is 0 Å². The third-order valence-electron chi connectivity index (χ3n) is 3.72. The minimum atomic E-state index is 0.210. The lowest BCUT2D eigenvalue weighted by Crippen LogP contribution is -2.04. The molecule has 1 N–H and O–H groups in total. The van der Waals surface area contributed by atoms with Crippen LogP contribution in [0.25, 0.3) is 6.08 Å². The molecule has 0 fully saturated rings. The van der Waals surface area contributed by atoms with Crippen molar-refractivity contribution in [2.75, 3.05) is 13.7 Å². The van der Waals surface area contributed by atoms with E-state index in [-0.39, 0.29) is 11.9 Å². The number of hydrogen-bond acceptors (Lipinski definition) is 3. The van der Waals surface area contributed by atoms with Crippen molar-refractivity contribution >= 4 is 28.7 Å². The number of ether oxygens (including phenoxy) is 2. The van der Waals surface area contributed by atoms with E-state index < -0.39 is 0 Å². The van der Waals surface area contributed by atoms with E-state index in [1.165, 1.54) is 5.57 Å². The standard InChI is InChI=1S/C18H23IO3/c1-3-5-13(7-8-15-6-4-9-22-15)10-14-11-16(19)18(20)17(12-14)21-2/h4,6,10-12,15,20H,3,5,7-9H2,1-2H3/b13-10+/t15-/m0/s1. The Morgan fingerprint density at radius 1 is 1.45 bits per heavy atom. The van der Waals surface area contributed by atoms with Crippen molar-refractivity contribution < 1.29 is 14.6 Å². The molecule has 2 rings (SSSR count). The quantitative estimate of drug-likeness (QED) is 0.508. The number of hydrogen-bond donors (Lipinski definition) is 1. The van der Waals surface area contributed by atoms with E-state index in [1.807, 2.05) is 12.1 Å². The predicted molar refractivity (Wildman–Crippen MR) is 98.4 cm³/mol. The summed E-state index contributed by atoms with van der Waals surface area (Å²) in [5, 5.41) is 9.93. The molecule has 1 aromatic rings. The second-order valence-electron chi connectivity index (χ2n) is 5.44. The lowest BCUT2D eigenvalue weighted by atomic mass is 10.00. The van der Waals surface area contributed by atoms with Crippen molar-refractivity contribution in [2.24, 2.45) is 0 Å². The highest BCUT2D eigenvalue weighted by Gasteiger charge is 2.11. The maximum Gasteiger partial charge on any atom is 0.171 e. The minimum absolute atomic E-state index is 0.210. The molecule has 0 aromatic heterocycles. The van der Waals surface area contributed by atoms with Crippen LogP contribution in [0.4, 0.5) is 0 Å². The molecular formula is C18H23IO3. The third kappa shape index (κ3) is 4.74. The first-order valence-electron chi connectivity index (χ1n) is 7.68. The Labute approximate surface area is 146 Å². The summed E-state index contributed by atoms with van der Waals surface area (Å²) in [5.74, 6) is 0.734. The summed E-state index contributed by atoms with van der Waals surface area (Å²) in [6, 6.07) is 3.87. The van der Waals surface area contributed by atoms with Crippen molar-refractivity contribution in [2.45, 2.75) is 38.7 Å². The van der Waals surface area contributed by atoms with Crippen LogP contribution in [0.2, 0.25) is 0 Å². The lowest BCUT2D eigenvalue weighted by Gasteiger charge is -2.12. The predicted octanol–water partition coefficient (Wildman–Crippen LogP) is 4.92. The van der Waals surface area contributed by atoms with E-state index in [2.05, 4.69) is 47.7 Å². The minimum Gasteiger partial charge on any atom is -0.504 e. The van der Waals surface area contributed by atoms with Gasteiger partial charge in [0.2, 0.25) is 0 Å². The fourth-order valence-electron chi connectivity index (χ4n) is 2.61. The Balaban J connectivity index is 2.14. The smallest absolute Gasteiger partial charge is 0.171 e. The highest BCUT2D eigenvalue weighted by atomic mass is 127. The zero-order chi connectivity index (χ0) is 15.9. The van der Waals surface area contributed by atoms with E-state index in [0.29, 0.717) is 5.75 Å². The Kier molecular flexibility index (Phi) is 6.76. The zero-order valence-corrected chi connectivity index (χ0v) is 15.3. The number of phenolic OH excluding ortho intramolecular Hbond substituents is 1. The van der Waals surface area contributed by atoms with Gasteiger partial charge in [-0.1, -0.05) is 37.1 Å². The molecule has 4 heteroatoms. The molecule has 0 saturated carbocycles. The molecule has 1 atom stereocenters. The summed E-state index contributed by atoms with van der Waals surface area (Å²) < 4.78 is 11.7. The molecule has 1 aromatic carbocycles. The van der Waals surface area contributed by atoms with Crippen molar-refractivity contribution in [1.29, 1.82) is 0 Å². The topological polar surface area (TPSA) is 38.7 Å². The highest BCUT2D eigenvalue weighted by molar-refractivity contribution is 14.1. The van der Waals surface area contributed by atoms with Crippen molar-refractivity contribution in [3.63, 3.8) is 0 Å². The molecule has 0 spiro atoms. The fraction of sp³-hybridized carbons (Fsp3) is 0.444. The average Bonchev–Trinajstić information content (AvgIpc) is 3.02. The molecule has 22 heavy (non-hydrogen) atoms. The van der Waals surface area contributed by atoms with Gasteiger partial charge in [0.25, 0.3) is 0 Å². The summed E-state index contributed by atoms with van der Waals surface area (Å²) in [7, 11) is 1.58. The normalized spacial score (nSPS) is 18.0. The molecule has 120 valence electrons. The van der Waals surface area contributed by atoms with Crippen molar-refractivity contribution in [1.82, 2.24) is 0 Å². The molecular weight excluding hydrogens is 391 g/mol. The summed E-state index contributed by atoms with van der Waals surface area (Å²) in [5.41, 5.74) is 2.49. The molecule has 0 bridgehead atoms. The van der Waals surface area contributed by atoms with E-state index in [1.54, 1.807) is 7.11 Å². The number of halogens is 1. The molecule has 0 unspecified atom stereocenters. The first-order chi connectivity index (χ1) is 10.6. The van der Waals surface area contributed by atoms with Gasteiger partial charge in [0.05, 0.1) is 23.4 Å². The van der Waals surface area contributed by atoms with Crippen LogP contribution in [0, 0.1) is 3.57 Å². The maximum absolute atomic E-state index is 9.93. The number of rotatable bonds is 7. The van der Waals surface area contributed by atoms with Gasteiger partial charge >= 0.3 is 0 Å². The summed E-state index contributed by atoms with van der Waals surface area (Å²) >= 11 is 2.13. The monoisotopic (exact) mass is 414 g/mol. The molecule has 1 aliphatic rings. The number of methoxy groups -OCH3 is 1. The molecule has 1 aliphatic heterocycles. The van der Waals surface area contributed by atoms with E-state index >= 15 is 0 Å². The summed E-state index contributed by atoms with van der Waals surface area (Å²) in [4.78, 5) is 0. The second-order valence-corrected chi connectivity index (χ2v) is 6.61. The van der Waals surface area contributed by atoms with Crippen LogP contribution in [-0.2, 0) is 4.74 Å². The van der Waals surface area contributed by atoms with Gasteiger partial charge in [-0.15, -0.1) is 0 Å². The van der Waals surface area contributed by atoms with Crippen LogP contribution in [0.15, 0.2) is 29.9 Å². The third-order valence-corrected chi connectivity index (χ3v) is 4.54. The van der Waals surface area contributed by atoms with Crippen LogP contribution in [0.5, 0.6) is 11.5 Å². The van der Waals surface area contributed by atoms with Gasteiger partial charge in [-0.25, -0.2) is 0 Å². The number of benzene rings is 1. The van der Waals surface area contributed by atoms with Crippen LogP contribution >= 0.6 is 22.6 Å². The average molecular weight is 414 g/mol. The Bertz CT molecular complexity index is 564. The van der Waals surface area contributed by atoms with Gasteiger partial charge in [0, 0.05) is 0 Å². The van der Waals surface area contributed by atoms with Gasteiger partial charge < -0.3 is 14.6 Å². The number of aromatic hydroxyl groups is 1. The van der Waals surface area contributed by atoms with E-state index in [9.17, 15) is 5.11 Å². The maximum atomic E-state index is 9.93. The Morgan fingerprint density at radius 2 is 2.27 bits per heavy atom. The Hall–Kier alpha value is -1.01. The van der Waals surface area contributed by atoms with E-state index in [4.69, 9.17) is 9.47 Å². The van der Waals surface area contributed by atoms with Crippen LogP contribution in [0.1, 0.15) is 38.2 Å². The van der Waals surface area contributed by atoms with Crippen LogP contribution in [0.3, 0.4) is 0 Å². The number of allylic oxidation sites excluding steroid dienone is 1. The molecule has 0 saturated heterocycles. The molecule has 3 nitrogen and oxygen atoms in total. The lowest BCUT2D eigenvalue weighted by molar-refractivity contribution is 0.121. The van der Waals surface area contributed by atoms with Gasteiger partial charge in [-0.05, 0) is 59.5 Å². The van der Waals surface area contributed by atoms with Gasteiger partial charge in [0.15, 0.2) is 11.5 Å². The molecule has 1 heterocycles. The Morgan fingerprint density at radius 3 is 2.91 bits per heavy atom. The number of phenols is 1. The molecule has 0 aliphatic carbocycles. The summed E-state index contributed by atoms with van der Waals surface area (Å²) in [6.07, 6.45) is 11.0. The van der Waals surface area contributed by atoms with Gasteiger partial charge in [-0.3, -0.25) is 0 Å². The molecule has 0 amide bonds. The summed E-state index contributed by atoms with van der Waals surface area (Å²) in [6.45, 7) is 2.94. The highest BCUT2D eigenvalue weighted by Crippen LogP contribution is 2.33. The van der Waals surface area contributed by atoms with Crippen LogP contribution < -0.4 is 4.74 Å². The first kappa shape index (κ1) is 17.3. The van der Waals surface area contributed by atoms with E-state index in [0.717, 1.165) is 41.4 Å². The van der Waals surface area contributed by atoms with Gasteiger partial charge in [0.1, 0.15) is 0 Å². The van der Waals surface area contributed by atoms with Crippen LogP contribution in [-0.4, -0.2) is 24.9 Å². The zero-order valence-electron chi connectivity index (χ0n) is 13.1. The largest absolute Gasteiger partial charge is 0.504 e. The van der Waals surface area contributed by atoms with Crippen molar-refractivity contribution in [3.05, 3.63) is 39.0 Å². The van der Waals surface area contributed by atoms with Crippen molar-refractivity contribution in [3.8, 4) is 11.5 Å². The molecule has 0 radical (unpaired) electrons.